The van der Waals surface area contributed by atoms with Crippen LogP contribution in [-0.2, 0) is 79.1 Å². The first-order valence-corrected chi connectivity index (χ1v) is 37.1. The van der Waals surface area contributed by atoms with Crippen molar-refractivity contribution in [3.8, 4) is 0 Å². The number of amides is 3. The molecule has 13 N–H and O–H groups in total. The Morgan fingerprint density at radius 1 is 0.452 bits per heavy atom. The molecule has 6 heterocycles. The molecule has 6 aliphatic rings. The summed E-state index contributed by atoms with van der Waals surface area (Å²) < 4.78 is 102. The van der Waals surface area contributed by atoms with E-state index in [1.807, 2.05) is 0 Å². The average Bonchev–Trinajstić information content (AvgIpc) is 1.55. The normalized spacial score (nSPS) is 36.3. The Bertz CT molecular complexity index is 2440. The van der Waals surface area contributed by atoms with Crippen molar-refractivity contribution in [2.24, 2.45) is 17.8 Å². The second-order valence-corrected chi connectivity index (χ2v) is 30.9. The third-order valence-corrected chi connectivity index (χ3v) is 22.1. The predicted octanol–water partition coefficient (Wildman–Crippen LogP) is -0.279. The van der Waals surface area contributed by atoms with Crippen molar-refractivity contribution < 1.29 is 145 Å². The average molecular weight is 1400 g/mol. The third kappa shape index (κ3) is 23.4. The number of rotatable bonds is 38. The van der Waals surface area contributed by atoms with Crippen LogP contribution in [0.15, 0.2) is 0 Å². The summed E-state index contributed by atoms with van der Waals surface area (Å²) in [5, 5.41) is 101. The highest BCUT2D eigenvalue weighted by molar-refractivity contribution is 7.53. The van der Waals surface area contributed by atoms with Crippen LogP contribution in [0.3, 0.4) is 0 Å². The molecule has 9 unspecified atom stereocenters. The van der Waals surface area contributed by atoms with Crippen LogP contribution in [-0.4, -0.2) is 293 Å². The zero-order chi connectivity index (χ0) is 68.5. The van der Waals surface area contributed by atoms with E-state index in [4.69, 9.17) is 51.0 Å². The second-order valence-electron chi connectivity index (χ2n) is 25.6. The first-order chi connectivity index (χ1) is 43.9. The van der Waals surface area contributed by atoms with Gasteiger partial charge in [0.25, 0.3) is 0 Å². The van der Waals surface area contributed by atoms with E-state index in [1.165, 1.54) is 28.5 Å². The molecule has 6 aliphatic heterocycles. The maximum atomic E-state index is 14.0. The summed E-state index contributed by atoms with van der Waals surface area (Å²) >= 11 is 0. The molecule has 93 heavy (non-hydrogen) atoms. The summed E-state index contributed by atoms with van der Waals surface area (Å²) in [6.07, 6.45) is -12.9. The molecule has 0 aromatic carbocycles. The fourth-order valence-corrected chi connectivity index (χ4v) is 14.8. The van der Waals surface area contributed by atoms with Crippen LogP contribution in [0.25, 0.3) is 0 Å². The lowest BCUT2D eigenvalue weighted by Crippen LogP contribution is -2.55. The number of hydrogen-bond acceptors (Lipinski definition) is 27. The maximum Gasteiger partial charge on any atom is 0.472 e. The number of carbonyl (C=O) groups excluding carboxylic acids is 3. The molecule has 33 nitrogen and oxygen atoms in total. The van der Waals surface area contributed by atoms with Gasteiger partial charge in [-0.2, -0.15) is 0 Å². The Balaban J connectivity index is 1.02. The molecule has 0 radical (unpaired) electrons. The first-order valence-electron chi connectivity index (χ1n) is 32.5. The molecule has 0 aromatic rings. The summed E-state index contributed by atoms with van der Waals surface area (Å²) in [6.45, 7) is 4.61. The molecule has 6 fully saturated rings. The van der Waals surface area contributed by atoms with Crippen LogP contribution in [0, 0.1) is 17.8 Å². The highest BCUT2D eigenvalue weighted by Gasteiger charge is 2.48. The fourth-order valence-electron chi connectivity index (χ4n) is 12.2. The predicted molar refractivity (Wildman–Crippen MR) is 323 cm³/mol. The van der Waals surface area contributed by atoms with Crippen LogP contribution >= 0.6 is 23.2 Å². The molecule has 6 saturated heterocycles. The number of phosphoric acid groups is 2. The lowest BCUT2D eigenvalue weighted by atomic mass is 9.92. The topological polar surface area (TPSA) is 477 Å². The van der Waals surface area contributed by atoms with Gasteiger partial charge in [-0.1, -0.05) is 53.9 Å². The van der Waals surface area contributed by atoms with Crippen molar-refractivity contribution in [3.05, 3.63) is 0 Å². The lowest BCUT2D eigenvalue weighted by molar-refractivity contribution is -0.282. The monoisotopic (exact) mass is 1400 g/mol. The molecule has 542 valence electrons. The second kappa shape index (κ2) is 37.5. The van der Waals surface area contributed by atoms with Gasteiger partial charge in [0.05, 0.1) is 100 Å². The van der Waals surface area contributed by atoms with Gasteiger partial charge in [0.2, 0.25) is 17.7 Å². The molecule has 0 spiro atoms. The van der Waals surface area contributed by atoms with Crippen molar-refractivity contribution in [1.29, 1.82) is 0 Å². The zero-order valence-electron chi connectivity index (χ0n) is 53.7. The number of ether oxygens (including phenoxy) is 6. The zero-order valence-corrected chi connectivity index (χ0v) is 56.4. The van der Waals surface area contributed by atoms with Gasteiger partial charge in [-0.15, -0.1) is 0 Å². The van der Waals surface area contributed by atoms with E-state index in [0.29, 0.717) is 57.8 Å². The van der Waals surface area contributed by atoms with Crippen LogP contribution in [0.4, 0.5) is 0 Å². The SMILES string of the molecule is CC1[C@H](OCCCCCC(=O)N2C[C@H](O)C[C@H]2COP(=O)(O)O[C@@H]2C[C@@H](COP(=O)(O)O[C@@H]3C[C@@H](COP(=O)(O)C(C)C)N(C(=O)CCCCCO[C@@H]4OC(CO)[C@H](O)[C@H](O)C4C)C3)N(C(=O)CCCCCO[C@@H]3OC(CO)[C@H](O)[C@H](O)C3C)C2)OC(CO)[C@H](O)[C@@H]1O. The van der Waals surface area contributed by atoms with Gasteiger partial charge in [-0.05, 0) is 57.8 Å². The Kier molecular flexibility index (Phi) is 32.3. The minimum absolute atomic E-state index is 0.00815. The van der Waals surface area contributed by atoms with Gasteiger partial charge in [0.15, 0.2) is 18.9 Å². The summed E-state index contributed by atoms with van der Waals surface area (Å²) in [7, 11) is -14.2. The van der Waals surface area contributed by atoms with E-state index in [0.717, 1.165) is 0 Å². The van der Waals surface area contributed by atoms with Gasteiger partial charge in [-0.25, -0.2) is 9.13 Å². The fraction of sp³-hybridized carbons (Fsp3) is 0.947. The van der Waals surface area contributed by atoms with E-state index >= 15 is 0 Å². The van der Waals surface area contributed by atoms with Crippen LogP contribution in [0.5, 0.6) is 0 Å². The molecule has 0 saturated carbocycles. The number of aliphatic hydroxyl groups is 10. The van der Waals surface area contributed by atoms with Crippen LogP contribution in [0.2, 0.25) is 0 Å². The molecular formula is C57H104N3O30P3. The van der Waals surface area contributed by atoms with Crippen LogP contribution < -0.4 is 0 Å². The van der Waals surface area contributed by atoms with Crippen molar-refractivity contribution in [3.63, 3.8) is 0 Å². The maximum absolute atomic E-state index is 14.0. The van der Waals surface area contributed by atoms with Gasteiger partial charge >= 0.3 is 23.2 Å². The number of β-amino-alcohol motifs (C(OH)–C–C–N with tert-alkyl or cyclic N) is 1. The van der Waals surface area contributed by atoms with E-state index in [1.54, 1.807) is 20.8 Å². The summed E-state index contributed by atoms with van der Waals surface area (Å²) in [5.41, 5.74) is -0.790. The Morgan fingerprint density at radius 2 is 0.763 bits per heavy atom. The highest BCUT2D eigenvalue weighted by atomic mass is 31.2. The third-order valence-electron chi connectivity index (χ3n) is 18.1. The first kappa shape index (κ1) is 80.1. The molecule has 0 bridgehead atoms. The Labute approximate surface area is 542 Å². The number of phosphoric ester groups is 2. The van der Waals surface area contributed by atoms with E-state index in [9.17, 15) is 93.8 Å². The van der Waals surface area contributed by atoms with E-state index in [-0.39, 0.29) is 83.9 Å². The standard InChI is InChI=1S/C57H104N3O30P3/c1-33(2)91(74,75)83-30-38-22-41(25-59(38)47(66)16-10-7-13-19-81-56-35(4)50(69)53(72)44(28-62)87-56)89-93(78,79)85-32-39-23-42(26-60(39)48(67)17-11-8-14-20-82-57-36(5)51(70)54(73)45(29-63)88-57)90-92(76,77)84-31-37-21-40(64)24-58(37)46(65)15-9-6-12-18-80-55-34(3)49(68)52(71)43(27-61)86-55/h33-45,49-57,61-64,68-73H,6-32H2,1-5H3,(H,74,75)(H,76,77)(H,78,79)/t34?,35?,36?,37-,38-,39-,40+,41+,42+,43?,44?,45?,49+,50+,51+,52-,53-,54-,55+,56+,57+/m0/s1. The number of likely N-dealkylation sites (tertiary alicyclic amines) is 3. The van der Waals surface area contributed by atoms with Crippen molar-refractivity contribution in [1.82, 2.24) is 14.7 Å². The highest BCUT2D eigenvalue weighted by Crippen LogP contribution is 2.51. The largest absolute Gasteiger partial charge is 0.472 e. The quantitative estimate of drug-likeness (QED) is 0.0279. The summed E-state index contributed by atoms with van der Waals surface area (Å²) in [4.78, 5) is 78.0. The minimum atomic E-state index is -5.07. The summed E-state index contributed by atoms with van der Waals surface area (Å²) in [6, 6.07) is -2.74. The van der Waals surface area contributed by atoms with Gasteiger partial charge in [0.1, 0.15) is 36.6 Å². The summed E-state index contributed by atoms with van der Waals surface area (Å²) in [5.74, 6) is -3.02. The lowest BCUT2D eigenvalue weighted by Gasteiger charge is -2.40. The number of carbonyl (C=O) groups is 3. The number of nitrogens with zero attached hydrogens (tertiary/aromatic N) is 3. The molecule has 0 aliphatic carbocycles. The van der Waals surface area contributed by atoms with E-state index < -0.39 is 208 Å². The number of aliphatic hydroxyl groups excluding tert-OH is 10. The van der Waals surface area contributed by atoms with Crippen molar-refractivity contribution in [2.75, 3.05) is 79.1 Å². The molecule has 3 amide bonds. The molecule has 36 heteroatoms. The Morgan fingerprint density at radius 3 is 1.09 bits per heavy atom. The smallest absolute Gasteiger partial charge is 0.394 e. The molecule has 24 atom stereocenters. The molecule has 6 rings (SSSR count). The minimum Gasteiger partial charge on any atom is -0.394 e. The molecule has 0 aromatic heterocycles. The van der Waals surface area contributed by atoms with Crippen molar-refractivity contribution >= 4 is 41.0 Å². The van der Waals surface area contributed by atoms with E-state index in [2.05, 4.69) is 0 Å². The Hall–Kier alpha value is -1.86. The van der Waals surface area contributed by atoms with Gasteiger partial charge < -0.3 is 113 Å². The van der Waals surface area contributed by atoms with Gasteiger partial charge in [-0.3, -0.25) is 37.0 Å². The van der Waals surface area contributed by atoms with Crippen molar-refractivity contribution in [2.45, 2.75) is 247 Å². The van der Waals surface area contributed by atoms with Crippen LogP contribution in [0.1, 0.15) is 131 Å². The van der Waals surface area contributed by atoms with Gasteiger partial charge in [0, 0.05) is 76.5 Å². The molecular weight excluding hydrogens is 1300 g/mol. The number of hydrogen-bond donors (Lipinski definition) is 13. The number of unbranched alkanes of at least 4 members (excludes halogenated alkanes) is 6.